The fourth-order valence-electron chi connectivity index (χ4n) is 3.51. The molecule has 128 valence electrons. The van der Waals surface area contributed by atoms with Crippen molar-refractivity contribution in [2.75, 3.05) is 0 Å². The van der Waals surface area contributed by atoms with E-state index in [1.54, 1.807) is 0 Å². The minimum Gasteiger partial charge on any atom is -0.0651 e. The predicted molar refractivity (Wildman–Crippen MR) is 108 cm³/mol. The summed E-state index contributed by atoms with van der Waals surface area (Å²) in [5.41, 5.74) is 8.63. The quantitative estimate of drug-likeness (QED) is 0.447. The molecule has 0 N–H and O–H groups in total. The molecule has 0 aromatic heterocycles. The van der Waals surface area contributed by atoms with Crippen LogP contribution >= 0.6 is 0 Å². The van der Waals surface area contributed by atoms with Gasteiger partial charge in [0, 0.05) is 0 Å². The summed E-state index contributed by atoms with van der Waals surface area (Å²) >= 11 is 0. The molecule has 0 saturated carbocycles. The van der Waals surface area contributed by atoms with Crippen molar-refractivity contribution in [2.45, 2.75) is 66.2 Å². The van der Waals surface area contributed by atoms with Gasteiger partial charge in [-0.3, -0.25) is 0 Å². The normalized spacial score (nSPS) is 12.2. The Balaban J connectivity index is 2.37. The van der Waals surface area contributed by atoms with E-state index in [-0.39, 0.29) is 0 Å². The monoisotopic (exact) mass is 320 g/mol. The lowest BCUT2D eigenvalue weighted by molar-refractivity contribution is 0.921. The predicted octanol–water partition coefficient (Wildman–Crippen LogP) is 7.32. The number of hydrogen-bond acceptors (Lipinski definition) is 0. The van der Waals surface area contributed by atoms with Crippen molar-refractivity contribution in [3.63, 3.8) is 0 Å². The van der Waals surface area contributed by atoms with Crippen LogP contribution in [0.4, 0.5) is 0 Å². The molecule has 0 amide bonds. The third-order valence-corrected chi connectivity index (χ3v) is 4.75. The largest absolute Gasteiger partial charge is 0.0651 e. The fraction of sp³-hybridized carbons (Fsp3) is 0.417. The van der Waals surface area contributed by atoms with Gasteiger partial charge in [0.25, 0.3) is 0 Å². The first-order valence-corrected chi connectivity index (χ1v) is 9.64. The lowest BCUT2D eigenvalue weighted by Crippen LogP contribution is -1.93. The van der Waals surface area contributed by atoms with Gasteiger partial charge >= 0.3 is 0 Å². The highest BCUT2D eigenvalue weighted by Gasteiger charge is 2.09. The van der Waals surface area contributed by atoms with Gasteiger partial charge in [-0.2, -0.15) is 0 Å². The Morgan fingerprint density at radius 1 is 0.542 bits per heavy atom. The molecule has 2 rings (SSSR count). The molecular weight excluding hydrogens is 288 g/mol. The topological polar surface area (TPSA) is 0 Å². The van der Waals surface area contributed by atoms with Crippen LogP contribution in [0.15, 0.2) is 48.5 Å². The SMILES string of the molecule is CCCc1ccc(/C(CC)=C(\CC)c2ccc(CCC)cc2)cc1. The first kappa shape index (κ1) is 18.5. The van der Waals surface area contributed by atoms with Crippen LogP contribution in [0, 0.1) is 0 Å². The van der Waals surface area contributed by atoms with Crippen molar-refractivity contribution >= 4 is 11.1 Å². The van der Waals surface area contributed by atoms with Gasteiger partial charge in [0.1, 0.15) is 0 Å². The standard InChI is InChI=1S/C24H32/c1-5-9-19-11-15-21(16-12-19)23(7-3)24(8-4)22-17-13-20(10-6-2)14-18-22/h11-18H,5-10H2,1-4H3/b24-23+. The van der Waals surface area contributed by atoms with Crippen molar-refractivity contribution < 1.29 is 0 Å². The maximum absolute atomic E-state index is 2.31. The Bertz CT molecular complexity index is 582. The summed E-state index contributed by atoms with van der Waals surface area (Å²) in [6.45, 7) is 9.03. The fourth-order valence-corrected chi connectivity index (χ4v) is 3.51. The van der Waals surface area contributed by atoms with Gasteiger partial charge in [-0.05, 0) is 59.1 Å². The summed E-state index contributed by atoms with van der Waals surface area (Å²) in [7, 11) is 0. The van der Waals surface area contributed by atoms with Gasteiger partial charge in [-0.25, -0.2) is 0 Å². The van der Waals surface area contributed by atoms with Gasteiger partial charge < -0.3 is 0 Å². The maximum Gasteiger partial charge on any atom is -0.0221 e. The first-order chi connectivity index (χ1) is 11.7. The Kier molecular flexibility index (Phi) is 7.31. The molecule has 0 aliphatic carbocycles. The number of allylic oxidation sites excluding steroid dienone is 2. The zero-order valence-electron chi connectivity index (χ0n) is 15.9. The Labute approximate surface area is 148 Å². The molecule has 0 heterocycles. The highest BCUT2D eigenvalue weighted by Crippen LogP contribution is 2.31. The molecule has 2 aromatic rings. The molecule has 0 nitrogen and oxygen atoms in total. The second-order valence-corrected chi connectivity index (χ2v) is 6.56. The summed E-state index contributed by atoms with van der Waals surface area (Å²) in [4.78, 5) is 0. The van der Waals surface area contributed by atoms with Crippen LogP contribution < -0.4 is 0 Å². The zero-order valence-corrected chi connectivity index (χ0v) is 15.9. The molecule has 0 radical (unpaired) electrons. The summed E-state index contributed by atoms with van der Waals surface area (Å²) in [6, 6.07) is 18.4. The molecular formula is C24H32. The summed E-state index contributed by atoms with van der Waals surface area (Å²) in [6.07, 6.45) is 6.91. The van der Waals surface area contributed by atoms with Crippen LogP contribution in [0.5, 0.6) is 0 Å². The highest BCUT2D eigenvalue weighted by atomic mass is 14.1. The van der Waals surface area contributed by atoms with Crippen LogP contribution in [0.1, 0.15) is 75.6 Å². The van der Waals surface area contributed by atoms with Crippen molar-refractivity contribution in [3.8, 4) is 0 Å². The summed E-state index contributed by atoms with van der Waals surface area (Å²) < 4.78 is 0. The summed E-state index contributed by atoms with van der Waals surface area (Å²) in [5, 5.41) is 0. The summed E-state index contributed by atoms with van der Waals surface area (Å²) in [5.74, 6) is 0. The lowest BCUT2D eigenvalue weighted by atomic mass is 9.90. The van der Waals surface area contributed by atoms with E-state index in [1.807, 2.05) is 0 Å². The van der Waals surface area contributed by atoms with Gasteiger partial charge in [0.05, 0.1) is 0 Å². The minimum absolute atomic E-state index is 1.08. The first-order valence-electron chi connectivity index (χ1n) is 9.64. The van der Waals surface area contributed by atoms with E-state index in [0.717, 1.165) is 12.8 Å². The lowest BCUT2D eigenvalue weighted by Gasteiger charge is -2.15. The van der Waals surface area contributed by atoms with Crippen LogP contribution in [0.3, 0.4) is 0 Å². The van der Waals surface area contributed by atoms with E-state index < -0.39 is 0 Å². The van der Waals surface area contributed by atoms with Gasteiger partial charge in [-0.15, -0.1) is 0 Å². The van der Waals surface area contributed by atoms with Crippen molar-refractivity contribution in [2.24, 2.45) is 0 Å². The number of rotatable bonds is 8. The van der Waals surface area contributed by atoms with Crippen molar-refractivity contribution in [3.05, 3.63) is 70.8 Å². The average Bonchev–Trinajstić information content (AvgIpc) is 2.62. The molecule has 0 aliphatic rings. The molecule has 0 fully saturated rings. The molecule has 0 unspecified atom stereocenters. The van der Waals surface area contributed by atoms with Crippen LogP contribution in [-0.2, 0) is 12.8 Å². The van der Waals surface area contributed by atoms with Gasteiger partial charge in [-0.1, -0.05) is 89.1 Å². The van der Waals surface area contributed by atoms with E-state index in [1.165, 1.54) is 59.1 Å². The Morgan fingerprint density at radius 3 is 1.12 bits per heavy atom. The second kappa shape index (κ2) is 9.47. The Hall–Kier alpha value is -1.82. The smallest absolute Gasteiger partial charge is 0.0221 e. The zero-order chi connectivity index (χ0) is 17.4. The van der Waals surface area contributed by atoms with Crippen molar-refractivity contribution in [1.82, 2.24) is 0 Å². The number of hydrogen-bond donors (Lipinski definition) is 0. The molecule has 0 bridgehead atoms. The van der Waals surface area contributed by atoms with Crippen LogP contribution in [0.2, 0.25) is 0 Å². The Morgan fingerprint density at radius 2 is 0.875 bits per heavy atom. The highest BCUT2D eigenvalue weighted by molar-refractivity contribution is 5.90. The number of aryl methyl sites for hydroxylation is 2. The van der Waals surface area contributed by atoms with Crippen molar-refractivity contribution in [1.29, 1.82) is 0 Å². The van der Waals surface area contributed by atoms with E-state index >= 15 is 0 Å². The third kappa shape index (κ3) is 4.60. The third-order valence-electron chi connectivity index (χ3n) is 4.75. The maximum atomic E-state index is 2.31. The molecule has 0 spiro atoms. The van der Waals surface area contributed by atoms with E-state index in [2.05, 4.69) is 76.2 Å². The van der Waals surface area contributed by atoms with Crippen LogP contribution in [0.25, 0.3) is 11.1 Å². The molecule has 0 saturated heterocycles. The molecule has 2 aromatic carbocycles. The van der Waals surface area contributed by atoms with Crippen LogP contribution in [-0.4, -0.2) is 0 Å². The second-order valence-electron chi connectivity index (χ2n) is 6.56. The molecule has 0 aliphatic heterocycles. The molecule has 0 atom stereocenters. The van der Waals surface area contributed by atoms with Gasteiger partial charge in [0.2, 0.25) is 0 Å². The van der Waals surface area contributed by atoms with Gasteiger partial charge in [0.15, 0.2) is 0 Å². The van der Waals surface area contributed by atoms with E-state index in [4.69, 9.17) is 0 Å². The molecule has 24 heavy (non-hydrogen) atoms. The van der Waals surface area contributed by atoms with E-state index in [0.29, 0.717) is 0 Å². The van der Waals surface area contributed by atoms with E-state index in [9.17, 15) is 0 Å². The molecule has 0 heteroatoms. The average molecular weight is 321 g/mol. The number of benzene rings is 2. The minimum atomic E-state index is 1.08.